The molecule has 1 atom stereocenters. The van der Waals surface area contributed by atoms with Crippen molar-refractivity contribution in [3.63, 3.8) is 0 Å². The summed E-state index contributed by atoms with van der Waals surface area (Å²) in [4.78, 5) is 21.9. The number of hydrogen-bond acceptors (Lipinski definition) is 5. The summed E-state index contributed by atoms with van der Waals surface area (Å²) in [5, 5.41) is 11.8. The molecule has 0 saturated heterocycles. The van der Waals surface area contributed by atoms with Gasteiger partial charge in [-0.3, -0.25) is 9.48 Å². The third-order valence-electron chi connectivity index (χ3n) is 5.19. The van der Waals surface area contributed by atoms with Gasteiger partial charge in [0.05, 0.1) is 18.3 Å². The van der Waals surface area contributed by atoms with Gasteiger partial charge >= 0.3 is 0 Å². The smallest absolute Gasteiger partial charge is 0.291 e. The van der Waals surface area contributed by atoms with Gasteiger partial charge in [0.25, 0.3) is 5.91 Å². The van der Waals surface area contributed by atoms with E-state index in [2.05, 4.69) is 25.5 Å². The Morgan fingerprint density at radius 3 is 2.21 bits per heavy atom. The molecule has 8 nitrogen and oxygen atoms in total. The molecule has 162 valence electrons. The van der Waals surface area contributed by atoms with Gasteiger partial charge in [-0.2, -0.15) is 5.10 Å². The van der Waals surface area contributed by atoms with Gasteiger partial charge in [-0.1, -0.05) is 78.9 Å². The lowest BCUT2D eigenvalue weighted by molar-refractivity contribution is 0.0921. The van der Waals surface area contributed by atoms with Crippen molar-refractivity contribution in [2.45, 2.75) is 12.6 Å². The highest BCUT2D eigenvalue weighted by atomic mass is 16.2. The van der Waals surface area contributed by atoms with Crippen LogP contribution in [0.25, 0.3) is 17.1 Å². The quantitative estimate of drug-likeness (QED) is 0.421. The number of nitrogens with zero attached hydrogens (tertiary/aromatic N) is 6. The summed E-state index contributed by atoms with van der Waals surface area (Å²) in [5.41, 5.74) is 2.65. The molecule has 5 aromatic rings. The number of nitrogens with one attached hydrogen (secondary N) is 1. The summed E-state index contributed by atoms with van der Waals surface area (Å²) in [5.74, 6) is 0.326. The first kappa shape index (κ1) is 20.3. The van der Waals surface area contributed by atoms with Crippen LogP contribution in [0.4, 0.5) is 0 Å². The Kier molecular flexibility index (Phi) is 5.71. The SMILES string of the molecule is O=C(NC(Cn1cncn1)c1ccccc1)c1nc(-c2ccccc2)n(-c2ccccc2)n1. The highest BCUT2D eigenvalue weighted by Crippen LogP contribution is 2.22. The van der Waals surface area contributed by atoms with E-state index in [1.165, 1.54) is 6.33 Å². The highest BCUT2D eigenvalue weighted by molar-refractivity contribution is 5.91. The first-order chi connectivity index (χ1) is 16.3. The van der Waals surface area contributed by atoms with Crippen LogP contribution in [0.1, 0.15) is 22.2 Å². The zero-order valence-corrected chi connectivity index (χ0v) is 17.7. The van der Waals surface area contributed by atoms with Crippen LogP contribution in [0.3, 0.4) is 0 Å². The zero-order valence-electron chi connectivity index (χ0n) is 17.7. The number of carbonyl (C=O) groups excluding carboxylic acids is 1. The molecule has 1 amide bonds. The van der Waals surface area contributed by atoms with Crippen molar-refractivity contribution in [2.24, 2.45) is 0 Å². The van der Waals surface area contributed by atoms with Crippen LogP contribution in [-0.2, 0) is 6.54 Å². The van der Waals surface area contributed by atoms with Crippen LogP contribution < -0.4 is 5.32 Å². The minimum absolute atomic E-state index is 0.0947. The van der Waals surface area contributed by atoms with Gasteiger partial charge in [-0.05, 0) is 17.7 Å². The van der Waals surface area contributed by atoms with Crippen LogP contribution in [-0.4, -0.2) is 35.4 Å². The third kappa shape index (κ3) is 4.54. The Morgan fingerprint density at radius 2 is 1.55 bits per heavy atom. The largest absolute Gasteiger partial charge is 0.341 e. The molecule has 0 bridgehead atoms. The number of benzene rings is 3. The van der Waals surface area contributed by atoms with Crippen molar-refractivity contribution in [3.8, 4) is 17.1 Å². The minimum atomic E-state index is -0.365. The summed E-state index contributed by atoms with van der Waals surface area (Å²) in [7, 11) is 0. The summed E-state index contributed by atoms with van der Waals surface area (Å²) in [6.07, 6.45) is 3.09. The van der Waals surface area contributed by atoms with E-state index in [4.69, 9.17) is 0 Å². The Morgan fingerprint density at radius 1 is 0.879 bits per heavy atom. The van der Waals surface area contributed by atoms with Crippen molar-refractivity contribution in [1.29, 1.82) is 0 Å². The lowest BCUT2D eigenvalue weighted by Gasteiger charge is -2.18. The lowest BCUT2D eigenvalue weighted by atomic mass is 10.1. The third-order valence-corrected chi connectivity index (χ3v) is 5.19. The molecule has 33 heavy (non-hydrogen) atoms. The van der Waals surface area contributed by atoms with Crippen molar-refractivity contribution < 1.29 is 4.79 Å². The number of carbonyl (C=O) groups is 1. The molecule has 3 aromatic carbocycles. The highest BCUT2D eigenvalue weighted by Gasteiger charge is 2.22. The minimum Gasteiger partial charge on any atom is -0.341 e. The van der Waals surface area contributed by atoms with E-state index in [9.17, 15) is 4.79 Å². The maximum atomic E-state index is 13.3. The Labute approximate surface area is 190 Å². The molecule has 0 saturated carbocycles. The fourth-order valence-electron chi connectivity index (χ4n) is 3.59. The number of rotatable bonds is 7. The Bertz CT molecular complexity index is 1260. The molecular weight excluding hydrogens is 414 g/mol. The predicted molar refractivity (Wildman–Crippen MR) is 123 cm³/mol. The number of hydrogen-bond donors (Lipinski definition) is 1. The normalized spacial score (nSPS) is 11.8. The molecule has 0 aliphatic carbocycles. The molecule has 0 spiro atoms. The molecule has 5 rings (SSSR count). The average molecular weight is 435 g/mol. The summed E-state index contributed by atoms with van der Waals surface area (Å²) < 4.78 is 3.38. The fraction of sp³-hybridized carbons (Fsp3) is 0.0800. The molecule has 8 heteroatoms. The van der Waals surface area contributed by atoms with Gasteiger partial charge in [0, 0.05) is 5.56 Å². The van der Waals surface area contributed by atoms with Crippen LogP contribution >= 0.6 is 0 Å². The van der Waals surface area contributed by atoms with Crippen molar-refractivity contribution in [2.75, 3.05) is 0 Å². The summed E-state index contributed by atoms with van der Waals surface area (Å²) in [6.45, 7) is 0.431. The second kappa shape index (κ2) is 9.27. The van der Waals surface area contributed by atoms with Gasteiger partial charge in [-0.15, -0.1) is 5.10 Å². The molecule has 1 N–H and O–H groups in total. The van der Waals surface area contributed by atoms with Crippen molar-refractivity contribution in [1.82, 2.24) is 34.8 Å². The van der Waals surface area contributed by atoms with E-state index < -0.39 is 0 Å². The molecule has 2 aromatic heterocycles. The molecule has 1 unspecified atom stereocenters. The molecule has 2 heterocycles. The van der Waals surface area contributed by atoms with E-state index in [0.717, 1.165) is 16.8 Å². The van der Waals surface area contributed by atoms with E-state index in [1.54, 1.807) is 15.7 Å². The van der Waals surface area contributed by atoms with Crippen LogP contribution in [0.15, 0.2) is 104 Å². The van der Waals surface area contributed by atoms with Crippen molar-refractivity contribution >= 4 is 5.91 Å². The van der Waals surface area contributed by atoms with E-state index in [0.29, 0.717) is 12.4 Å². The second-order valence-electron chi connectivity index (χ2n) is 7.43. The first-order valence-corrected chi connectivity index (χ1v) is 10.5. The maximum Gasteiger partial charge on any atom is 0.291 e. The van der Waals surface area contributed by atoms with Gasteiger partial charge in [0.1, 0.15) is 12.7 Å². The Hall–Kier alpha value is -4.59. The molecule has 0 aliphatic heterocycles. The zero-order chi connectivity index (χ0) is 22.5. The van der Waals surface area contributed by atoms with Crippen LogP contribution in [0.2, 0.25) is 0 Å². The predicted octanol–water partition coefficient (Wildman–Crippen LogP) is 3.70. The summed E-state index contributed by atoms with van der Waals surface area (Å²) in [6, 6.07) is 28.8. The number of aromatic nitrogens is 6. The standard InChI is InChI=1S/C25H21N7O/c33-25(28-22(16-31-18-26-17-27-31)19-10-4-1-5-11-19)23-29-24(20-12-6-2-7-13-20)32(30-23)21-14-8-3-9-15-21/h1-15,17-18,22H,16H2,(H,28,33). The van der Waals surface area contributed by atoms with E-state index in [-0.39, 0.29) is 17.8 Å². The van der Waals surface area contributed by atoms with Crippen molar-refractivity contribution in [3.05, 3.63) is 115 Å². The average Bonchev–Trinajstić information content (AvgIpc) is 3.56. The monoisotopic (exact) mass is 435 g/mol. The summed E-state index contributed by atoms with van der Waals surface area (Å²) >= 11 is 0. The maximum absolute atomic E-state index is 13.3. The molecule has 0 aliphatic rings. The van der Waals surface area contributed by atoms with E-state index >= 15 is 0 Å². The van der Waals surface area contributed by atoms with Gasteiger partial charge in [-0.25, -0.2) is 14.6 Å². The van der Waals surface area contributed by atoms with Crippen LogP contribution in [0, 0.1) is 0 Å². The van der Waals surface area contributed by atoms with Gasteiger partial charge in [0.2, 0.25) is 5.82 Å². The molecule has 0 fully saturated rings. The topological polar surface area (TPSA) is 90.5 Å². The Balaban J connectivity index is 1.49. The molecule has 0 radical (unpaired) electrons. The molecular formula is C25H21N7O. The second-order valence-corrected chi connectivity index (χ2v) is 7.43. The number of amides is 1. The van der Waals surface area contributed by atoms with Gasteiger partial charge in [0.15, 0.2) is 5.82 Å². The van der Waals surface area contributed by atoms with Crippen LogP contribution in [0.5, 0.6) is 0 Å². The van der Waals surface area contributed by atoms with E-state index in [1.807, 2.05) is 91.0 Å². The lowest BCUT2D eigenvalue weighted by Crippen LogP contribution is -2.32. The number of para-hydroxylation sites is 1. The fourth-order valence-corrected chi connectivity index (χ4v) is 3.59. The first-order valence-electron chi connectivity index (χ1n) is 10.5. The van der Waals surface area contributed by atoms with Gasteiger partial charge < -0.3 is 5.32 Å².